The summed E-state index contributed by atoms with van der Waals surface area (Å²) in [6.07, 6.45) is 2.47. The number of ether oxygens (including phenoxy) is 1. The Bertz CT molecular complexity index is 659. The average Bonchev–Trinajstić information content (AvgIpc) is 3.27. The van der Waals surface area contributed by atoms with Gasteiger partial charge >= 0.3 is 0 Å². The van der Waals surface area contributed by atoms with Crippen LogP contribution in [0.15, 0.2) is 40.9 Å². The van der Waals surface area contributed by atoms with Gasteiger partial charge in [-0.25, -0.2) is 4.39 Å². The van der Waals surface area contributed by atoms with Crippen LogP contribution in [0.1, 0.15) is 18.4 Å². The first-order valence-electron chi connectivity index (χ1n) is 6.77. The molecule has 3 rings (SSSR count). The van der Waals surface area contributed by atoms with Gasteiger partial charge in [0.15, 0.2) is 11.6 Å². The van der Waals surface area contributed by atoms with Crippen LogP contribution in [0, 0.1) is 11.6 Å². The molecule has 0 saturated heterocycles. The van der Waals surface area contributed by atoms with E-state index >= 15 is 0 Å². The summed E-state index contributed by atoms with van der Waals surface area (Å²) in [6, 6.07) is 9.92. The van der Waals surface area contributed by atoms with E-state index in [1.807, 2.05) is 6.07 Å². The molecule has 0 radical (unpaired) electrons. The van der Waals surface area contributed by atoms with Crippen molar-refractivity contribution in [1.82, 2.24) is 5.32 Å². The second kappa shape index (κ2) is 6.12. The van der Waals surface area contributed by atoms with E-state index in [-0.39, 0.29) is 5.75 Å². The lowest BCUT2D eigenvalue weighted by molar-refractivity contribution is 0.416. The molecule has 0 heterocycles. The van der Waals surface area contributed by atoms with Crippen molar-refractivity contribution in [1.29, 1.82) is 0 Å². The third-order valence-corrected chi connectivity index (χ3v) is 4.07. The van der Waals surface area contributed by atoms with Gasteiger partial charge in [-0.2, -0.15) is 4.39 Å². The predicted octanol–water partition coefficient (Wildman–Crippen LogP) is 4.77. The van der Waals surface area contributed by atoms with Gasteiger partial charge in [0.1, 0.15) is 5.75 Å². The monoisotopic (exact) mass is 353 g/mol. The van der Waals surface area contributed by atoms with Crippen molar-refractivity contribution < 1.29 is 13.5 Å². The van der Waals surface area contributed by atoms with Gasteiger partial charge in [-0.1, -0.05) is 28.1 Å². The Labute approximate surface area is 130 Å². The van der Waals surface area contributed by atoms with Gasteiger partial charge in [0.05, 0.1) is 0 Å². The third kappa shape index (κ3) is 3.60. The van der Waals surface area contributed by atoms with Gasteiger partial charge in [0, 0.05) is 17.1 Å². The summed E-state index contributed by atoms with van der Waals surface area (Å²) in [5.74, 6) is -1.56. The van der Waals surface area contributed by atoms with Crippen LogP contribution in [0.2, 0.25) is 0 Å². The first kappa shape index (κ1) is 14.5. The highest BCUT2D eigenvalue weighted by Gasteiger charge is 2.20. The van der Waals surface area contributed by atoms with Crippen molar-refractivity contribution in [2.75, 3.05) is 0 Å². The summed E-state index contributed by atoms with van der Waals surface area (Å²) in [7, 11) is 0. The molecule has 0 unspecified atom stereocenters. The molecule has 110 valence electrons. The van der Waals surface area contributed by atoms with Crippen molar-refractivity contribution in [3.8, 4) is 11.5 Å². The highest BCUT2D eigenvalue weighted by Crippen LogP contribution is 2.30. The normalized spacial score (nSPS) is 14.2. The Morgan fingerprint density at radius 3 is 2.71 bits per heavy atom. The van der Waals surface area contributed by atoms with Crippen LogP contribution in [0.4, 0.5) is 8.78 Å². The van der Waals surface area contributed by atoms with E-state index in [1.54, 1.807) is 12.1 Å². The van der Waals surface area contributed by atoms with Crippen molar-refractivity contribution in [3.05, 3.63) is 58.1 Å². The quantitative estimate of drug-likeness (QED) is 0.835. The molecule has 5 heteroatoms. The molecule has 1 fully saturated rings. The van der Waals surface area contributed by atoms with E-state index < -0.39 is 11.6 Å². The van der Waals surface area contributed by atoms with Crippen LogP contribution in [0.5, 0.6) is 11.5 Å². The number of hydrogen-bond acceptors (Lipinski definition) is 2. The molecule has 2 nitrogen and oxygen atoms in total. The predicted molar refractivity (Wildman–Crippen MR) is 80.4 cm³/mol. The second-order valence-corrected chi connectivity index (χ2v) is 5.92. The molecule has 21 heavy (non-hydrogen) atoms. The average molecular weight is 354 g/mol. The van der Waals surface area contributed by atoms with Crippen LogP contribution >= 0.6 is 15.9 Å². The van der Waals surface area contributed by atoms with E-state index in [1.165, 1.54) is 25.0 Å². The number of halogens is 3. The summed E-state index contributed by atoms with van der Waals surface area (Å²) < 4.78 is 33.0. The van der Waals surface area contributed by atoms with Gasteiger partial charge in [-0.05, 0) is 42.7 Å². The summed E-state index contributed by atoms with van der Waals surface area (Å²) in [6.45, 7) is 0.778. The highest BCUT2D eigenvalue weighted by atomic mass is 79.9. The van der Waals surface area contributed by atoms with Crippen LogP contribution in [-0.2, 0) is 6.54 Å². The minimum atomic E-state index is -0.979. The van der Waals surface area contributed by atoms with E-state index in [9.17, 15) is 8.78 Å². The Morgan fingerprint density at radius 2 is 2.00 bits per heavy atom. The minimum absolute atomic E-state index is 0.120. The smallest absolute Gasteiger partial charge is 0.201 e. The number of benzene rings is 2. The lowest BCUT2D eigenvalue weighted by Gasteiger charge is -2.10. The molecule has 1 N–H and O–H groups in total. The topological polar surface area (TPSA) is 21.3 Å². The molecular formula is C16H14BrF2NO. The Morgan fingerprint density at radius 1 is 1.19 bits per heavy atom. The SMILES string of the molecule is Fc1cccc(Oc2ccc(CNC3CC3)c(Br)c2)c1F. The first-order valence-corrected chi connectivity index (χ1v) is 7.56. The zero-order chi connectivity index (χ0) is 14.8. The zero-order valence-electron chi connectivity index (χ0n) is 11.2. The maximum atomic E-state index is 13.6. The fourth-order valence-corrected chi connectivity index (χ4v) is 2.46. The van der Waals surface area contributed by atoms with E-state index in [0.29, 0.717) is 11.8 Å². The Balaban J connectivity index is 1.73. The summed E-state index contributed by atoms with van der Waals surface area (Å²) in [4.78, 5) is 0. The Hall–Kier alpha value is -1.46. The van der Waals surface area contributed by atoms with Gasteiger partial charge < -0.3 is 10.1 Å². The van der Waals surface area contributed by atoms with Gasteiger partial charge in [-0.15, -0.1) is 0 Å². The Kier molecular flexibility index (Phi) is 4.22. The maximum absolute atomic E-state index is 13.6. The molecular weight excluding hydrogens is 340 g/mol. The fourth-order valence-electron chi connectivity index (χ4n) is 1.97. The van der Waals surface area contributed by atoms with Crippen LogP contribution in [-0.4, -0.2) is 6.04 Å². The molecule has 0 bridgehead atoms. The molecule has 1 aliphatic carbocycles. The van der Waals surface area contributed by atoms with Crippen LogP contribution in [0.3, 0.4) is 0 Å². The molecule has 0 atom stereocenters. The second-order valence-electron chi connectivity index (χ2n) is 5.06. The molecule has 0 spiro atoms. The zero-order valence-corrected chi connectivity index (χ0v) is 12.8. The number of hydrogen-bond donors (Lipinski definition) is 1. The standard InChI is InChI=1S/C16H14BrF2NO/c17-13-8-12(7-4-10(13)9-20-11-5-6-11)21-15-3-1-2-14(18)16(15)19/h1-4,7-8,11,20H,5-6,9H2. The summed E-state index contributed by atoms with van der Waals surface area (Å²) >= 11 is 3.48. The van der Waals surface area contributed by atoms with Crippen LogP contribution < -0.4 is 10.1 Å². The lowest BCUT2D eigenvalue weighted by atomic mass is 10.2. The summed E-state index contributed by atoms with van der Waals surface area (Å²) in [5.41, 5.74) is 1.11. The third-order valence-electron chi connectivity index (χ3n) is 3.33. The fraction of sp³-hybridized carbons (Fsp3) is 0.250. The van der Waals surface area contributed by atoms with E-state index in [0.717, 1.165) is 22.6 Å². The van der Waals surface area contributed by atoms with E-state index in [2.05, 4.69) is 21.2 Å². The van der Waals surface area contributed by atoms with Gasteiger partial charge in [-0.3, -0.25) is 0 Å². The van der Waals surface area contributed by atoms with Gasteiger partial charge in [0.25, 0.3) is 0 Å². The molecule has 0 aromatic heterocycles. The first-order chi connectivity index (χ1) is 10.1. The molecule has 1 saturated carbocycles. The van der Waals surface area contributed by atoms with Crippen molar-refractivity contribution in [3.63, 3.8) is 0 Å². The summed E-state index contributed by atoms with van der Waals surface area (Å²) in [5, 5.41) is 3.42. The van der Waals surface area contributed by atoms with Crippen molar-refractivity contribution in [2.45, 2.75) is 25.4 Å². The number of rotatable bonds is 5. The largest absolute Gasteiger partial charge is 0.454 e. The van der Waals surface area contributed by atoms with Crippen molar-refractivity contribution in [2.24, 2.45) is 0 Å². The number of nitrogens with one attached hydrogen (secondary N) is 1. The molecule has 2 aromatic rings. The van der Waals surface area contributed by atoms with Crippen molar-refractivity contribution >= 4 is 15.9 Å². The molecule has 0 amide bonds. The minimum Gasteiger partial charge on any atom is -0.454 e. The molecule has 2 aromatic carbocycles. The lowest BCUT2D eigenvalue weighted by Crippen LogP contribution is -2.15. The van der Waals surface area contributed by atoms with E-state index in [4.69, 9.17) is 4.74 Å². The molecule has 1 aliphatic rings. The van der Waals surface area contributed by atoms with Crippen LogP contribution in [0.25, 0.3) is 0 Å². The van der Waals surface area contributed by atoms with Gasteiger partial charge in [0.2, 0.25) is 5.82 Å². The highest BCUT2D eigenvalue weighted by molar-refractivity contribution is 9.10. The maximum Gasteiger partial charge on any atom is 0.201 e. The molecule has 0 aliphatic heterocycles.